The van der Waals surface area contributed by atoms with E-state index >= 15 is 0 Å². The zero-order valence-corrected chi connectivity index (χ0v) is 16.3. The smallest absolute Gasteiger partial charge is 0.344 e. The van der Waals surface area contributed by atoms with Crippen LogP contribution in [0.25, 0.3) is 6.08 Å². The topological polar surface area (TPSA) is 88.0 Å². The van der Waals surface area contributed by atoms with E-state index in [-0.39, 0.29) is 5.91 Å². The van der Waals surface area contributed by atoms with E-state index in [1.165, 1.54) is 18.7 Å². The van der Waals surface area contributed by atoms with Gasteiger partial charge in [-0.2, -0.15) is 0 Å². The number of benzene rings is 2. The van der Waals surface area contributed by atoms with Crippen molar-refractivity contribution in [2.45, 2.75) is 26.4 Å². The molecule has 6 nitrogen and oxygen atoms in total. The van der Waals surface area contributed by atoms with Crippen LogP contribution in [-0.4, -0.2) is 28.3 Å². The van der Waals surface area contributed by atoms with E-state index in [4.69, 9.17) is 9.84 Å². The highest BCUT2D eigenvalue weighted by Crippen LogP contribution is 2.29. The van der Waals surface area contributed by atoms with Crippen LogP contribution in [0, 0.1) is 0 Å². The molecule has 1 unspecified atom stereocenters. The molecule has 1 atom stereocenters. The Balaban J connectivity index is 1.74. The molecule has 28 heavy (non-hydrogen) atoms. The molecule has 3 rings (SSSR count). The minimum atomic E-state index is -1.03. The molecule has 1 heterocycles. The van der Waals surface area contributed by atoms with Gasteiger partial charge in [0.15, 0.2) is 11.3 Å². The number of para-hydroxylation sites is 1. The number of hydrogen-bond donors (Lipinski definition) is 2. The fourth-order valence-corrected chi connectivity index (χ4v) is 3.39. The second-order valence-electron chi connectivity index (χ2n) is 6.13. The predicted molar refractivity (Wildman–Crippen MR) is 111 cm³/mol. The van der Waals surface area contributed by atoms with Gasteiger partial charge < -0.3 is 15.2 Å². The van der Waals surface area contributed by atoms with E-state index in [0.29, 0.717) is 15.8 Å². The Morgan fingerprint density at radius 3 is 2.64 bits per heavy atom. The second kappa shape index (κ2) is 8.75. The van der Waals surface area contributed by atoms with Crippen LogP contribution in [0.2, 0.25) is 0 Å². The number of carbonyl (C=O) groups excluding carboxylic acids is 1. The Bertz CT molecular complexity index is 951. The summed E-state index contributed by atoms with van der Waals surface area (Å²) in [4.78, 5) is 28.2. The maximum Gasteiger partial charge on any atom is 0.344 e. The quantitative estimate of drug-likeness (QED) is 0.721. The van der Waals surface area contributed by atoms with Gasteiger partial charge in [0, 0.05) is 0 Å². The van der Waals surface area contributed by atoms with Crippen molar-refractivity contribution >= 4 is 40.6 Å². The Labute approximate surface area is 167 Å². The summed E-state index contributed by atoms with van der Waals surface area (Å²) in [6.45, 7) is 3.53. The van der Waals surface area contributed by atoms with Crippen LogP contribution < -0.4 is 10.1 Å². The maximum absolute atomic E-state index is 12.3. The summed E-state index contributed by atoms with van der Waals surface area (Å²) >= 11 is 1.29. The number of nitrogens with zero attached hydrogens (tertiary/aromatic N) is 1. The van der Waals surface area contributed by atoms with Crippen molar-refractivity contribution in [1.29, 1.82) is 0 Å². The van der Waals surface area contributed by atoms with Gasteiger partial charge in [0.25, 0.3) is 5.91 Å². The first-order valence-corrected chi connectivity index (χ1v) is 9.65. The van der Waals surface area contributed by atoms with Gasteiger partial charge in [-0.15, -0.1) is 0 Å². The van der Waals surface area contributed by atoms with Crippen molar-refractivity contribution in [3.8, 4) is 5.75 Å². The van der Waals surface area contributed by atoms with Gasteiger partial charge in [0.05, 0.1) is 10.6 Å². The fourth-order valence-electron chi connectivity index (χ4n) is 2.56. The molecule has 0 radical (unpaired) electrons. The highest BCUT2D eigenvalue weighted by Gasteiger charge is 2.24. The van der Waals surface area contributed by atoms with E-state index in [9.17, 15) is 9.59 Å². The predicted octanol–water partition coefficient (Wildman–Crippen LogP) is 3.99. The lowest BCUT2D eigenvalue weighted by Gasteiger charge is -2.10. The minimum Gasteiger partial charge on any atom is -0.479 e. The monoisotopic (exact) mass is 396 g/mol. The van der Waals surface area contributed by atoms with Crippen LogP contribution in [0.15, 0.2) is 58.4 Å². The maximum atomic E-state index is 12.3. The average molecular weight is 396 g/mol. The van der Waals surface area contributed by atoms with Crippen LogP contribution in [-0.2, 0) is 16.0 Å². The number of amidine groups is 1. The van der Waals surface area contributed by atoms with Gasteiger partial charge in [-0.25, -0.2) is 9.79 Å². The molecule has 1 amide bonds. The fraction of sp³-hybridized carbons (Fsp3) is 0.190. The third-order valence-electron chi connectivity index (χ3n) is 4.08. The summed E-state index contributed by atoms with van der Waals surface area (Å²) in [6, 6.07) is 14.7. The number of aliphatic imine (C=N–C) groups is 1. The zero-order valence-electron chi connectivity index (χ0n) is 15.5. The molecule has 1 saturated heterocycles. The van der Waals surface area contributed by atoms with Crippen LogP contribution in [0.1, 0.15) is 25.0 Å². The highest BCUT2D eigenvalue weighted by atomic mass is 32.2. The van der Waals surface area contributed by atoms with Crippen molar-refractivity contribution in [3.05, 3.63) is 64.6 Å². The molecule has 1 fully saturated rings. The summed E-state index contributed by atoms with van der Waals surface area (Å²) in [6.07, 6.45) is 1.70. The first kappa shape index (κ1) is 19.7. The Hall–Kier alpha value is -3.06. The van der Waals surface area contributed by atoms with Gasteiger partial charge in [0.1, 0.15) is 5.75 Å². The summed E-state index contributed by atoms with van der Waals surface area (Å²) < 4.78 is 5.30. The zero-order chi connectivity index (χ0) is 20.1. The molecule has 2 N–H and O–H groups in total. The lowest BCUT2D eigenvalue weighted by molar-refractivity contribution is -0.144. The molecule has 2 aromatic rings. The molecule has 2 aromatic carbocycles. The number of carboxylic acid groups (broad SMARTS) is 1. The molecule has 7 heteroatoms. The molecule has 0 saturated carbocycles. The van der Waals surface area contributed by atoms with Gasteiger partial charge in [-0.05, 0) is 60.5 Å². The number of rotatable bonds is 6. The molecule has 1 aliphatic rings. The summed E-state index contributed by atoms with van der Waals surface area (Å²) in [5, 5.41) is 12.2. The number of amides is 1. The molecular formula is C21H20N2O4S. The molecule has 0 bridgehead atoms. The third kappa shape index (κ3) is 4.80. The Morgan fingerprint density at radius 2 is 1.96 bits per heavy atom. The van der Waals surface area contributed by atoms with E-state index in [1.54, 1.807) is 30.3 Å². The van der Waals surface area contributed by atoms with E-state index in [1.807, 2.05) is 24.3 Å². The SMILES string of the molecule is CCc1ccccc1N=C1NC(=O)/C(=C\c2ccc(OC(C)C(=O)O)cc2)S1. The molecule has 144 valence electrons. The van der Waals surface area contributed by atoms with Crippen molar-refractivity contribution in [3.63, 3.8) is 0 Å². The van der Waals surface area contributed by atoms with Gasteiger partial charge in [-0.3, -0.25) is 4.79 Å². The number of ether oxygens (including phenoxy) is 1. The van der Waals surface area contributed by atoms with Crippen molar-refractivity contribution in [2.75, 3.05) is 0 Å². The molecule has 1 aliphatic heterocycles. The second-order valence-corrected chi connectivity index (χ2v) is 7.16. The first-order chi connectivity index (χ1) is 13.5. The average Bonchev–Trinajstić information content (AvgIpc) is 3.02. The van der Waals surface area contributed by atoms with Crippen LogP contribution in [0.4, 0.5) is 5.69 Å². The third-order valence-corrected chi connectivity index (χ3v) is 4.99. The van der Waals surface area contributed by atoms with Crippen LogP contribution >= 0.6 is 11.8 Å². The normalized spacial score (nSPS) is 17.6. The standard InChI is InChI=1S/C21H20N2O4S/c1-3-15-6-4-5-7-17(15)22-21-23-19(24)18(28-21)12-14-8-10-16(11-9-14)27-13(2)20(25)26/h4-13H,3H2,1-2H3,(H,25,26)(H,22,23,24)/b18-12+. The van der Waals surface area contributed by atoms with Crippen LogP contribution in [0.3, 0.4) is 0 Å². The number of aliphatic carboxylic acids is 1. The molecule has 0 aliphatic carbocycles. The molecule has 0 spiro atoms. The Kier molecular flexibility index (Phi) is 6.16. The summed E-state index contributed by atoms with van der Waals surface area (Å²) in [5.41, 5.74) is 2.78. The minimum absolute atomic E-state index is 0.197. The number of aryl methyl sites for hydroxylation is 1. The Morgan fingerprint density at radius 1 is 1.25 bits per heavy atom. The largest absolute Gasteiger partial charge is 0.479 e. The number of nitrogens with one attached hydrogen (secondary N) is 1. The number of hydrogen-bond acceptors (Lipinski definition) is 5. The lowest BCUT2D eigenvalue weighted by atomic mass is 10.1. The van der Waals surface area contributed by atoms with Crippen molar-refractivity contribution in [2.24, 2.45) is 4.99 Å². The van der Waals surface area contributed by atoms with E-state index in [2.05, 4.69) is 17.2 Å². The summed E-state index contributed by atoms with van der Waals surface area (Å²) in [5.74, 6) is -0.766. The van der Waals surface area contributed by atoms with Crippen LogP contribution in [0.5, 0.6) is 5.75 Å². The first-order valence-electron chi connectivity index (χ1n) is 8.83. The number of carboxylic acids is 1. The summed E-state index contributed by atoms with van der Waals surface area (Å²) in [7, 11) is 0. The molecular weight excluding hydrogens is 376 g/mol. The van der Waals surface area contributed by atoms with Crippen molar-refractivity contribution < 1.29 is 19.4 Å². The van der Waals surface area contributed by atoms with E-state index < -0.39 is 12.1 Å². The van der Waals surface area contributed by atoms with Gasteiger partial charge >= 0.3 is 5.97 Å². The highest BCUT2D eigenvalue weighted by molar-refractivity contribution is 8.18. The van der Waals surface area contributed by atoms with Crippen molar-refractivity contribution in [1.82, 2.24) is 5.32 Å². The number of thioether (sulfide) groups is 1. The number of carbonyl (C=O) groups is 2. The van der Waals surface area contributed by atoms with Gasteiger partial charge in [-0.1, -0.05) is 37.3 Å². The molecule has 0 aromatic heterocycles. The van der Waals surface area contributed by atoms with Gasteiger partial charge in [0.2, 0.25) is 0 Å². The van der Waals surface area contributed by atoms with E-state index in [0.717, 1.165) is 23.2 Å². The lowest BCUT2D eigenvalue weighted by Crippen LogP contribution is -2.22.